The Kier molecular flexibility index (Phi) is 3.08. The van der Waals surface area contributed by atoms with Gasteiger partial charge in [0.15, 0.2) is 17.6 Å². The highest BCUT2D eigenvalue weighted by Gasteiger charge is 2.27. The molecular weight excluding hydrogens is 246 g/mol. The molecule has 0 saturated carbocycles. The summed E-state index contributed by atoms with van der Waals surface area (Å²) in [4.78, 5) is 4.27. The fourth-order valence-electron chi connectivity index (χ4n) is 1.85. The van der Waals surface area contributed by atoms with Crippen molar-refractivity contribution < 1.29 is 14.0 Å². The number of hydrogen-bond donors (Lipinski definition) is 1. The molecule has 0 radical (unpaired) electrons. The van der Waals surface area contributed by atoms with Gasteiger partial charge in [-0.15, -0.1) is 0 Å². The number of fused-ring (bicyclic) bond motifs is 1. The molecule has 6 nitrogen and oxygen atoms in total. The van der Waals surface area contributed by atoms with Gasteiger partial charge in [0.1, 0.15) is 6.61 Å². The van der Waals surface area contributed by atoms with Crippen molar-refractivity contribution >= 4 is 0 Å². The molecule has 2 N–H and O–H groups in total. The first-order valence-electron chi connectivity index (χ1n) is 6.25. The molecule has 1 aromatic heterocycles. The summed E-state index contributed by atoms with van der Waals surface area (Å²) in [6.07, 6.45) is 0.378. The standard InChI is InChI=1S/C13H15N3O3/c1-2-8(14)13-15-12(16-19-13)11-7-17-9-5-3-4-6-10(9)18-11/h3-6,8,11H,2,7,14H2,1H3/t8-,11?/m0/s1. The van der Waals surface area contributed by atoms with E-state index in [2.05, 4.69) is 10.1 Å². The Morgan fingerprint density at radius 3 is 2.95 bits per heavy atom. The largest absolute Gasteiger partial charge is 0.485 e. The molecule has 1 aliphatic heterocycles. The molecule has 6 heteroatoms. The number of hydrogen-bond acceptors (Lipinski definition) is 6. The minimum absolute atomic E-state index is 0.238. The van der Waals surface area contributed by atoms with Crippen molar-refractivity contribution in [3.63, 3.8) is 0 Å². The predicted octanol–water partition coefficient (Wildman–Crippen LogP) is 1.99. The van der Waals surface area contributed by atoms with E-state index in [1.54, 1.807) is 0 Å². The van der Waals surface area contributed by atoms with Crippen LogP contribution in [0.2, 0.25) is 0 Å². The van der Waals surface area contributed by atoms with Crippen LogP contribution in [0.15, 0.2) is 28.8 Å². The summed E-state index contributed by atoms with van der Waals surface area (Å²) < 4.78 is 16.5. The van der Waals surface area contributed by atoms with E-state index in [1.165, 1.54) is 0 Å². The van der Waals surface area contributed by atoms with E-state index in [9.17, 15) is 0 Å². The monoisotopic (exact) mass is 261 g/mol. The quantitative estimate of drug-likeness (QED) is 0.909. The summed E-state index contributed by atoms with van der Waals surface area (Å²) in [6, 6.07) is 7.26. The Morgan fingerprint density at radius 2 is 2.16 bits per heavy atom. The lowest BCUT2D eigenvalue weighted by Gasteiger charge is -2.24. The predicted molar refractivity (Wildman–Crippen MR) is 66.8 cm³/mol. The minimum atomic E-state index is -0.364. The minimum Gasteiger partial charge on any atom is -0.485 e. The van der Waals surface area contributed by atoms with Crippen LogP contribution < -0.4 is 15.2 Å². The zero-order chi connectivity index (χ0) is 13.2. The van der Waals surface area contributed by atoms with Gasteiger partial charge in [0, 0.05) is 0 Å². The fourth-order valence-corrected chi connectivity index (χ4v) is 1.85. The molecule has 0 fully saturated rings. The summed E-state index contributed by atoms with van der Waals surface area (Å²) in [5, 5.41) is 3.91. The Balaban J connectivity index is 1.79. The number of rotatable bonds is 3. The molecule has 3 rings (SSSR count). The number of nitrogens with two attached hydrogens (primary N) is 1. The first-order chi connectivity index (χ1) is 9.28. The average Bonchev–Trinajstić information content (AvgIpc) is 2.95. The molecule has 1 aliphatic rings. The molecular formula is C13H15N3O3. The van der Waals surface area contributed by atoms with E-state index in [4.69, 9.17) is 19.7 Å². The van der Waals surface area contributed by atoms with Gasteiger partial charge in [0.2, 0.25) is 11.7 Å². The van der Waals surface area contributed by atoms with Crippen LogP contribution in [0.3, 0.4) is 0 Å². The SMILES string of the molecule is CC[C@H](N)c1nc(C2COc3ccccc3O2)no1. The highest BCUT2D eigenvalue weighted by molar-refractivity contribution is 5.40. The molecule has 1 unspecified atom stereocenters. The molecule has 0 bridgehead atoms. The summed E-state index contributed by atoms with van der Waals surface area (Å²) in [7, 11) is 0. The Labute approximate surface area is 110 Å². The van der Waals surface area contributed by atoms with E-state index in [0.29, 0.717) is 24.1 Å². The van der Waals surface area contributed by atoms with Crippen molar-refractivity contribution in [2.45, 2.75) is 25.5 Å². The lowest BCUT2D eigenvalue weighted by molar-refractivity contribution is 0.0832. The number of aromatic nitrogens is 2. The maximum Gasteiger partial charge on any atom is 0.243 e. The molecule has 0 amide bonds. The van der Waals surface area contributed by atoms with Crippen LogP contribution in [0.4, 0.5) is 0 Å². The molecule has 0 spiro atoms. The van der Waals surface area contributed by atoms with Crippen LogP contribution in [-0.4, -0.2) is 16.7 Å². The summed E-state index contributed by atoms with van der Waals surface area (Å²) in [5.74, 6) is 2.31. The van der Waals surface area contributed by atoms with Gasteiger partial charge in [-0.3, -0.25) is 0 Å². The lowest BCUT2D eigenvalue weighted by Crippen LogP contribution is -2.22. The summed E-state index contributed by atoms with van der Waals surface area (Å²) in [5.41, 5.74) is 5.85. The van der Waals surface area contributed by atoms with E-state index < -0.39 is 0 Å². The normalized spacial score (nSPS) is 19.2. The van der Waals surface area contributed by atoms with E-state index >= 15 is 0 Å². The van der Waals surface area contributed by atoms with Crippen molar-refractivity contribution in [2.24, 2.45) is 5.73 Å². The molecule has 19 heavy (non-hydrogen) atoms. The molecule has 2 aromatic rings. The molecule has 2 heterocycles. The van der Waals surface area contributed by atoms with Crippen molar-refractivity contribution in [2.75, 3.05) is 6.61 Å². The summed E-state index contributed by atoms with van der Waals surface area (Å²) in [6.45, 7) is 2.32. The van der Waals surface area contributed by atoms with E-state index in [0.717, 1.165) is 12.2 Å². The molecule has 2 atom stereocenters. The third-order valence-corrected chi connectivity index (χ3v) is 3.01. The number of nitrogens with zero attached hydrogens (tertiary/aromatic N) is 2. The average molecular weight is 261 g/mol. The number of ether oxygens (including phenoxy) is 2. The summed E-state index contributed by atoms with van der Waals surface area (Å²) >= 11 is 0. The van der Waals surface area contributed by atoms with Crippen LogP contribution in [-0.2, 0) is 0 Å². The number of benzene rings is 1. The first kappa shape index (κ1) is 12.0. The van der Waals surface area contributed by atoms with Crippen LogP contribution in [0, 0.1) is 0 Å². The smallest absolute Gasteiger partial charge is 0.243 e. The maximum absolute atomic E-state index is 5.85. The second-order valence-electron chi connectivity index (χ2n) is 4.37. The molecule has 100 valence electrons. The Hall–Kier alpha value is -2.08. The van der Waals surface area contributed by atoms with Gasteiger partial charge in [-0.25, -0.2) is 0 Å². The Morgan fingerprint density at radius 1 is 1.37 bits per heavy atom. The second kappa shape index (κ2) is 4.89. The molecule has 0 aliphatic carbocycles. The van der Waals surface area contributed by atoms with Crippen molar-refractivity contribution in [1.82, 2.24) is 10.1 Å². The van der Waals surface area contributed by atoms with E-state index in [-0.39, 0.29) is 12.1 Å². The van der Waals surface area contributed by atoms with Gasteiger partial charge >= 0.3 is 0 Å². The van der Waals surface area contributed by atoms with Crippen LogP contribution in [0.25, 0.3) is 0 Å². The highest BCUT2D eigenvalue weighted by Crippen LogP contribution is 2.35. The van der Waals surface area contributed by atoms with Crippen LogP contribution in [0.5, 0.6) is 11.5 Å². The van der Waals surface area contributed by atoms with Crippen LogP contribution >= 0.6 is 0 Å². The third kappa shape index (κ3) is 2.26. The van der Waals surface area contributed by atoms with Gasteiger partial charge in [-0.2, -0.15) is 4.98 Å². The Bertz CT molecular complexity index is 570. The van der Waals surface area contributed by atoms with Crippen LogP contribution in [0.1, 0.15) is 37.2 Å². The van der Waals surface area contributed by atoms with Gasteiger partial charge in [0.05, 0.1) is 6.04 Å². The van der Waals surface area contributed by atoms with Crippen molar-refractivity contribution in [3.8, 4) is 11.5 Å². The van der Waals surface area contributed by atoms with E-state index in [1.807, 2.05) is 31.2 Å². The van der Waals surface area contributed by atoms with Crippen molar-refractivity contribution in [3.05, 3.63) is 36.0 Å². The lowest BCUT2D eigenvalue weighted by atomic mass is 10.2. The number of para-hydroxylation sites is 2. The van der Waals surface area contributed by atoms with Gasteiger partial charge < -0.3 is 19.7 Å². The first-order valence-corrected chi connectivity index (χ1v) is 6.25. The topological polar surface area (TPSA) is 83.4 Å². The second-order valence-corrected chi connectivity index (χ2v) is 4.37. The van der Waals surface area contributed by atoms with Gasteiger partial charge in [-0.05, 0) is 18.6 Å². The third-order valence-electron chi connectivity index (χ3n) is 3.01. The maximum atomic E-state index is 5.85. The van der Waals surface area contributed by atoms with Crippen molar-refractivity contribution in [1.29, 1.82) is 0 Å². The van der Waals surface area contributed by atoms with Gasteiger partial charge in [-0.1, -0.05) is 24.2 Å². The molecule has 0 saturated heterocycles. The highest BCUT2D eigenvalue weighted by atomic mass is 16.6. The molecule has 1 aromatic carbocycles. The zero-order valence-electron chi connectivity index (χ0n) is 10.6. The van der Waals surface area contributed by atoms with Gasteiger partial charge in [0.25, 0.3) is 0 Å². The fraction of sp³-hybridized carbons (Fsp3) is 0.385. The zero-order valence-corrected chi connectivity index (χ0v) is 10.6.